The van der Waals surface area contributed by atoms with Crippen LogP contribution in [-0.4, -0.2) is 44.2 Å². The van der Waals surface area contributed by atoms with Crippen molar-refractivity contribution in [2.24, 2.45) is 11.0 Å². The minimum absolute atomic E-state index is 0.221. The molecule has 0 heterocycles. The molecule has 170 valence electrons. The maximum Gasteiger partial charge on any atom is 0.329 e. The second-order valence-electron chi connectivity index (χ2n) is 7.05. The van der Waals surface area contributed by atoms with Crippen LogP contribution in [0.25, 0.3) is 0 Å². The van der Waals surface area contributed by atoms with Gasteiger partial charge >= 0.3 is 11.8 Å². The van der Waals surface area contributed by atoms with E-state index in [2.05, 4.69) is 37.1 Å². The van der Waals surface area contributed by atoms with Crippen LogP contribution in [0.2, 0.25) is 0 Å². The fourth-order valence-corrected chi connectivity index (χ4v) is 2.73. The number of hydrogen-bond acceptors (Lipinski definition) is 6. The summed E-state index contributed by atoms with van der Waals surface area (Å²) in [4.78, 5) is 35.7. The Morgan fingerprint density at radius 2 is 1.81 bits per heavy atom. The molecule has 0 aliphatic rings. The van der Waals surface area contributed by atoms with Crippen molar-refractivity contribution >= 4 is 45.6 Å². The maximum absolute atomic E-state index is 12.2. The van der Waals surface area contributed by atoms with E-state index < -0.39 is 11.8 Å². The number of nitrogens with zero attached hydrogens (tertiary/aromatic N) is 1. The van der Waals surface area contributed by atoms with Crippen LogP contribution in [0.15, 0.2) is 52.0 Å². The predicted octanol–water partition coefficient (Wildman–Crippen LogP) is 2.70. The molecule has 2 aromatic carbocycles. The van der Waals surface area contributed by atoms with E-state index in [1.165, 1.54) is 6.21 Å². The number of hydrogen-bond donors (Lipinski definition) is 3. The van der Waals surface area contributed by atoms with Crippen LogP contribution < -0.4 is 25.5 Å². The van der Waals surface area contributed by atoms with E-state index in [9.17, 15) is 14.4 Å². The molecule has 0 radical (unpaired) electrons. The van der Waals surface area contributed by atoms with Gasteiger partial charge in [-0.25, -0.2) is 5.43 Å². The Balaban J connectivity index is 1.94. The fourth-order valence-electron chi connectivity index (χ4n) is 2.35. The van der Waals surface area contributed by atoms with Crippen LogP contribution in [0, 0.1) is 5.92 Å². The number of methoxy groups -OCH3 is 1. The first-order chi connectivity index (χ1) is 15.3. The summed E-state index contributed by atoms with van der Waals surface area (Å²) in [6.07, 6.45) is 1.33. The molecule has 0 aromatic heterocycles. The average Bonchev–Trinajstić information content (AvgIpc) is 2.77. The first-order valence-corrected chi connectivity index (χ1v) is 10.5. The summed E-state index contributed by atoms with van der Waals surface area (Å²) in [5, 5.41) is 9.03. The van der Waals surface area contributed by atoms with Gasteiger partial charge in [0.2, 0.25) is 0 Å². The van der Waals surface area contributed by atoms with Gasteiger partial charge in [-0.3, -0.25) is 14.4 Å². The molecule has 3 amide bonds. The average molecular weight is 505 g/mol. The Bertz CT molecular complexity index is 977. The van der Waals surface area contributed by atoms with Crippen LogP contribution in [0.1, 0.15) is 19.4 Å². The third kappa shape index (κ3) is 8.38. The molecule has 3 N–H and O–H groups in total. The summed E-state index contributed by atoms with van der Waals surface area (Å²) in [5.74, 6) is -0.715. The lowest BCUT2D eigenvalue weighted by molar-refractivity contribution is -0.139. The number of benzene rings is 2. The largest absolute Gasteiger partial charge is 0.497 e. The third-order valence-corrected chi connectivity index (χ3v) is 4.44. The van der Waals surface area contributed by atoms with Crippen LogP contribution in [-0.2, 0) is 14.4 Å². The fraction of sp³-hybridized carbons (Fsp3) is 0.273. The maximum atomic E-state index is 12.2. The van der Waals surface area contributed by atoms with Crippen molar-refractivity contribution in [3.8, 4) is 11.5 Å². The van der Waals surface area contributed by atoms with Crippen molar-refractivity contribution < 1.29 is 23.9 Å². The van der Waals surface area contributed by atoms with Gasteiger partial charge in [-0.2, -0.15) is 5.10 Å². The van der Waals surface area contributed by atoms with E-state index in [4.69, 9.17) is 9.47 Å². The topological polar surface area (TPSA) is 118 Å². The van der Waals surface area contributed by atoms with Crippen LogP contribution in [0.5, 0.6) is 11.5 Å². The molecule has 0 unspecified atom stereocenters. The predicted molar refractivity (Wildman–Crippen MR) is 125 cm³/mol. The van der Waals surface area contributed by atoms with Gasteiger partial charge in [-0.15, -0.1) is 0 Å². The van der Waals surface area contributed by atoms with Gasteiger partial charge < -0.3 is 20.1 Å². The van der Waals surface area contributed by atoms with Gasteiger partial charge in [0.25, 0.3) is 5.91 Å². The molecule has 10 heteroatoms. The summed E-state index contributed by atoms with van der Waals surface area (Å²) < 4.78 is 11.4. The Hall–Kier alpha value is -3.40. The zero-order chi connectivity index (χ0) is 23.5. The lowest BCUT2D eigenvalue weighted by atomic mass is 10.2. The van der Waals surface area contributed by atoms with Gasteiger partial charge in [0.1, 0.15) is 11.5 Å². The number of carbonyl (C=O) groups is 3. The number of nitrogens with one attached hydrogen (secondary N) is 3. The highest BCUT2D eigenvalue weighted by Crippen LogP contribution is 2.22. The summed E-state index contributed by atoms with van der Waals surface area (Å²) >= 11 is 3.35. The van der Waals surface area contributed by atoms with Crippen LogP contribution in [0.4, 0.5) is 5.69 Å². The smallest absolute Gasteiger partial charge is 0.329 e. The monoisotopic (exact) mass is 504 g/mol. The van der Waals surface area contributed by atoms with Gasteiger partial charge in [0, 0.05) is 22.3 Å². The standard InChI is InChI=1S/C22H25BrN4O5/c1-14(2)11-24-21(29)22(30)27-25-12-15-10-16(23)4-9-19(15)32-13-20(28)26-17-5-7-18(31-3)8-6-17/h4-10,12,14H,11,13H2,1-3H3,(H,24,29)(H,26,28)(H,27,30)/b25-12-. The lowest BCUT2D eigenvalue weighted by Crippen LogP contribution is -2.39. The summed E-state index contributed by atoms with van der Waals surface area (Å²) in [6, 6.07) is 12.0. The van der Waals surface area contributed by atoms with Gasteiger partial charge in [-0.05, 0) is 48.4 Å². The van der Waals surface area contributed by atoms with Crippen LogP contribution >= 0.6 is 15.9 Å². The molecule has 0 atom stereocenters. The SMILES string of the molecule is COc1ccc(NC(=O)COc2ccc(Br)cc2/C=N\NC(=O)C(=O)NCC(C)C)cc1. The molecule has 32 heavy (non-hydrogen) atoms. The molecule has 0 saturated heterocycles. The summed E-state index contributed by atoms with van der Waals surface area (Å²) in [6.45, 7) is 3.99. The zero-order valence-electron chi connectivity index (χ0n) is 18.0. The Kier molecular flexibility index (Phi) is 9.68. The normalized spacial score (nSPS) is 10.7. The molecule has 9 nitrogen and oxygen atoms in total. The van der Waals surface area contributed by atoms with Crippen molar-refractivity contribution in [1.29, 1.82) is 0 Å². The molecule has 2 rings (SSSR count). The number of hydrazone groups is 1. The summed E-state index contributed by atoms with van der Waals surface area (Å²) in [7, 11) is 1.56. The third-order valence-electron chi connectivity index (χ3n) is 3.95. The number of carbonyl (C=O) groups excluding carboxylic acids is 3. The second-order valence-corrected chi connectivity index (χ2v) is 7.97. The highest BCUT2D eigenvalue weighted by atomic mass is 79.9. The van der Waals surface area contributed by atoms with E-state index in [-0.39, 0.29) is 18.4 Å². The van der Waals surface area contributed by atoms with Gasteiger partial charge in [0.05, 0.1) is 13.3 Å². The molecule has 0 fully saturated rings. The van der Waals surface area contributed by atoms with Gasteiger partial charge in [0.15, 0.2) is 6.61 Å². The second kappa shape index (κ2) is 12.5. The molecule has 0 saturated carbocycles. The van der Waals surface area contributed by atoms with E-state index >= 15 is 0 Å². The highest BCUT2D eigenvalue weighted by Gasteiger charge is 2.13. The van der Waals surface area contributed by atoms with E-state index in [0.717, 1.165) is 4.47 Å². The van der Waals surface area contributed by atoms with E-state index in [1.54, 1.807) is 49.6 Å². The summed E-state index contributed by atoms with van der Waals surface area (Å²) in [5.41, 5.74) is 3.27. The quantitative estimate of drug-likeness (QED) is 0.275. The molecule has 0 bridgehead atoms. The molecule has 0 aliphatic heterocycles. The van der Waals surface area contributed by atoms with Crippen molar-refractivity contribution in [2.75, 3.05) is 25.6 Å². The first kappa shape index (κ1) is 24.9. The molecule has 0 spiro atoms. The van der Waals surface area contributed by atoms with Crippen LogP contribution in [0.3, 0.4) is 0 Å². The van der Waals surface area contributed by atoms with Crippen molar-refractivity contribution in [2.45, 2.75) is 13.8 Å². The molecular formula is C22H25BrN4O5. The molecule has 2 aromatic rings. The van der Waals surface area contributed by atoms with E-state index in [1.807, 2.05) is 13.8 Å². The number of halogens is 1. The number of amides is 3. The van der Waals surface area contributed by atoms with Crippen molar-refractivity contribution in [3.05, 3.63) is 52.5 Å². The van der Waals surface area contributed by atoms with Crippen molar-refractivity contribution in [3.63, 3.8) is 0 Å². The van der Waals surface area contributed by atoms with Gasteiger partial charge in [-0.1, -0.05) is 29.8 Å². The Morgan fingerprint density at radius 1 is 1.09 bits per heavy atom. The Labute approximate surface area is 194 Å². The van der Waals surface area contributed by atoms with Crippen molar-refractivity contribution in [1.82, 2.24) is 10.7 Å². The first-order valence-electron chi connectivity index (χ1n) is 9.76. The Morgan fingerprint density at radius 3 is 2.47 bits per heavy atom. The number of rotatable bonds is 9. The minimum Gasteiger partial charge on any atom is -0.497 e. The minimum atomic E-state index is -0.877. The van der Waals surface area contributed by atoms with E-state index in [0.29, 0.717) is 29.3 Å². The number of ether oxygens (including phenoxy) is 2. The zero-order valence-corrected chi connectivity index (χ0v) is 19.6. The molecular weight excluding hydrogens is 480 g/mol. The lowest BCUT2D eigenvalue weighted by Gasteiger charge is -2.10. The number of anilines is 1. The highest BCUT2D eigenvalue weighted by molar-refractivity contribution is 9.10. The molecule has 0 aliphatic carbocycles.